The van der Waals surface area contributed by atoms with Gasteiger partial charge in [-0.25, -0.2) is 0 Å². The van der Waals surface area contributed by atoms with Crippen molar-refractivity contribution in [2.45, 2.75) is 19.9 Å². The fourth-order valence-corrected chi connectivity index (χ4v) is 3.41. The molecule has 0 bridgehead atoms. The largest absolute Gasteiger partial charge is 0.379 e. The summed E-state index contributed by atoms with van der Waals surface area (Å²) in [7, 11) is 0. The van der Waals surface area contributed by atoms with Gasteiger partial charge in [0.15, 0.2) is 0 Å². The number of hydrogen-bond donors (Lipinski definition) is 0. The molecule has 3 rings (SSSR count). The van der Waals surface area contributed by atoms with E-state index in [0.717, 1.165) is 45.8 Å². The number of morpholine rings is 1. The maximum atomic E-state index is 12.7. The highest BCUT2D eigenvalue weighted by Crippen LogP contribution is 2.18. The van der Waals surface area contributed by atoms with Crippen molar-refractivity contribution in [2.75, 3.05) is 52.5 Å². The van der Waals surface area contributed by atoms with E-state index in [1.54, 1.807) is 4.90 Å². The van der Waals surface area contributed by atoms with Crippen LogP contribution in [0.3, 0.4) is 0 Å². The fraction of sp³-hybridized carbons (Fsp3) is 0.579. The monoisotopic (exact) mass is 345 g/mol. The number of amides is 2. The number of nitrogens with zero attached hydrogens (tertiary/aromatic N) is 3. The van der Waals surface area contributed by atoms with E-state index in [1.165, 1.54) is 18.1 Å². The first-order valence-corrected chi connectivity index (χ1v) is 9.03. The highest BCUT2D eigenvalue weighted by molar-refractivity contribution is 5.84. The zero-order chi connectivity index (χ0) is 17.6. The lowest BCUT2D eigenvalue weighted by molar-refractivity contribution is -0.140. The molecule has 1 saturated heterocycles. The van der Waals surface area contributed by atoms with Crippen LogP contribution in [0, 0.1) is 0 Å². The number of hydrogen-bond acceptors (Lipinski definition) is 4. The van der Waals surface area contributed by atoms with Crippen LogP contribution in [0.4, 0.5) is 0 Å². The van der Waals surface area contributed by atoms with Gasteiger partial charge < -0.3 is 14.5 Å². The summed E-state index contributed by atoms with van der Waals surface area (Å²) in [6.45, 7) is 7.73. The van der Waals surface area contributed by atoms with Crippen LogP contribution in [-0.2, 0) is 27.3 Å². The maximum Gasteiger partial charge on any atom is 0.242 e. The summed E-state index contributed by atoms with van der Waals surface area (Å²) in [4.78, 5) is 30.4. The molecule has 0 N–H and O–H groups in total. The van der Waals surface area contributed by atoms with Crippen molar-refractivity contribution in [3.8, 4) is 0 Å². The van der Waals surface area contributed by atoms with Gasteiger partial charge in [-0.15, -0.1) is 0 Å². The molecule has 1 aromatic rings. The minimum atomic E-state index is -0.0426. The summed E-state index contributed by atoms with van der Waals surface area (Å²) in [6.07, 6.45) is 0.885. The lowest BCUT2D eigenvalue weighted by Crippen LogP contribution is -2.47. The molecule has 2 aliphatic heterocycles. The Morgan fingerprint density at radius 2 is 1.84 bits per heavy atom. The van der Waals surface area contributed by atoms with Gasteiger partial charge in [-0.1, -0.05) is 24.3 Å². The van der Waals surface area contributed by atoms with Crippen LogP contribution >= 0.6 is 0 Å². The SMILES string of the molecule is CC(=O)N(CCN1CCOCC1)CC(=O)N1CCc2ccccc2C1. The molecular weight excluding hydrogens is 318 g/mol. The van der Waals surface area contributed by atoms with E-state index >= 15 is 0 Å². The second-order valence-electron chi connectivity index (χ2n) is 6.73. The van der Waals surface area contributed by atoms with Crippen molar-refractivity contribution >= 4 is 11.8 Å². The molecular formula is C19H27N3O3. The van der Waals surface area contributed by atoms with E-state index in [4.69, 9.17) is 4.74 Å². The molecule has 0 aliphatic carbocycles. The Morgan fingerprint density at radius 1 is 1.12 bits per heavy atom. The molecule has 0 spiro atoms. The van der Waals surface area contributed by atoms with Gasteiger partial charge in [0, 0.05) is 46.2 Å². The van der Waals surface area contributed by atoms with Gasteiger partial charge >= 0.3 is 0 Å². The van der Waals surface area contributed by atoms with Crippen LogP contribution in [-0.4, -0.2) is 79.0 Å². The predicted molar refractivity (Wildman–Crippen MR) is 95.1 cm³/mol. The van der Waals surface area contributed by atoms with Crippen LogP contribution in [0.2, 0.25) is 0 Å². The smallest absolute Gasteiger partial charge is 0.242 e. The Morgan fingerprint density at radius 3 is 2.56 bits per heavy atom. The lowest BCUT2D eigenvalue weighted by Gasteiger charge is -2.32. The Labute approximate surface area is 149 Å². The summed E-state index contributed by atoms with van der Waals surface area (Å²) >= 11 is 0. The summed E-state index contributed by atoms with van der Waals surface area (Å²) in [5.74, 6) is -0.00861. The van der Waals surface area contributed by atoms with E-state index in [9.17, 15) is 9.59 Å². The van der Waals surface area contributed by atoms with E-state index in [0.29, 0.717) is 13.1 Å². The van der Waals surface area contributed by atoms with Gasteiger partial charge in [0.25, 0.3) is 0 Å². The molecule has 2 aliphatic rings. The fourth-order valence-electron chi connectivity index (χ4n) is 3.41. The molecule has 136 valence electrons. The minimum absolute atomic E-state index is 0.0340. The second-order valence-corrected chi connectivity index (χ2v) is 6.73. The topological polar surface area (TPSA) is 53.1 Å². The summed E-state index contributed by atoms with van der Waals surface area (Å²) < 4.78 is 5.34. The second kappa shape index (κ2) is 8.45. The number of ether oxygens (including phenoxy) is 1. The van der Waals surface area contributed by atoms with Gasteiger partial charge in [-0.2, -0.15) is 0 Å². The number of fused-ring (bicyclic) bond motifs is 1. The molecule has 6 heteroatoms. The van der Waals surface area contributed by atoms with Gasteiger partial charge in [0.2, 0.25) is 11.8 Å². The van der Waals surface area contributed by atoms with Crippen LogP contribution in [0.15, 0.2) is 24.3 Å². The Hall–Kier alpha value is -1.92. The third-order valence-corrected chi connectivity index (χ3v) is 5.04. The average molecular weight is 345 g/mol. The van der Waals surface area contributed by atoms with Crippen molar-refractivity contribution in [3.63, 3.8) is 0 Å². The Kier molecular flexibility index (Phi) is 6.04. The molecule has 1 fully saturated rings. The average Bonchev–Trinajstić information content (AvgIpc) is 2.65. The first-order valence-electron chi connectivity index (χ1n) is 9.03. The minimum Gasteiger partial charge on any atom is -0.379 e. The molecule has 0 radical (unpaired) electrons. The van der Waals surface area contributed by atoms with Crippen molar-refractivity contribution in [3.05, 3.63) is 35.4 Å². The van der Waals surface area contributed by atoms with Gasteiger partial charge in [-0.3, -0.25) is 14.5 Å². The molecule has 0 saturated carbocycles. The standard InChI is InChI=1S/C19H27N3O3/c1-16(23)21(9-8-20-10-12-25-13-11-20)15-19(24)22-7-6-17-4-2-3-5-18(17)14-22/h2-5H,6-15H2,1H3. The zero-order valence-corrected chi connectivity index (χ0v) is 14.9. The Balaban J connectivity index is 1.53. The van der Waals surface area contributed by atoms with Crippen LogP contribution < -0.4 is 0 Å². The first-order chi connectivity index (χ1) is 12.1. The van der Waals surface area contributed by atoms with E-state index < -0.39 is 0 Å². The summed E-state index contributed by atoms with van der Waals surface area (Å²) in [6, 6.07) is 8.26. The quantitative estimate of drug-likeness (QED) is 0.790. The molecule has 0 unspecified atom stereocenters. The number of carbonyl (C=O) groups is 2. The molecule has 6 nitrogen and oxygen atoms in total. The Bertz CT molecular complexity index is 614. The van der Waals surface area contributed by atoms with E-state index in [1.807, 2.05) is 17.0 Å². The molecule has 2 amide bonds. The summed E-state index contributed by atoms with van der Waals surface area (Å²) in [5.41, 5.74) is 2.53. The highest BCUT2D eigenvalue weighted by Gasteiger charge is 2.23. The third-order valence-electron chi connectivity index (χ3n) is 5.04. The lowest BCUT2D eigenvalue weighted by atomic mass is 10.00. The highest BCUT2D eigenvalue weighted by atomic mass is 16.5. The van der Waals surface area contributed by atoms with Crippen molar-refractivity contribution in [1.29, 1.82) is 0 Å². The molecule has 25 heavy (non-hydrogen) atoms. The third kappa shape index (κ3) is 4.80. The van der Waals surface area contributed by atoms with Crippen molar-refractivity contribution in [1.82, 2.24) is 14.7 Å². The van der Waals surface area contributed by atoms with E-state index in [2.05, 4.69) is 17.0 Å². The number of benzene rings is 1. The molecule has 1 aromatic carbocycles. The van der Waals surface area contributed by atoms with Crippen molar-refractivity contribution in [2.24, 2.45) is 0 Å². The molecule has 0 aromatic heterocycles. The van der Waals surface area contributed by atoms with Crippen molar-refractivity contribution < 1.29 is 14.3 Å². The number of carbonyl (C=O) groups excluding carboxylic acids is 2. The zero-order valence-electron chi connectivity index (χ0n) is 14.9. The normalized spacial score (nSPS) is 17.9. The maximum absolute atomic E-state index is 12.7. The van der Waals surface area contributed by atoms with Gasteiger partial charge in [-0.05, 0) is 17.5 Å². The van der Waals surface area contributed by atoms with Crippen LogP contribution in [0.5, 0.6) is 0 Å². The van der Waals surface area contributed by atoms with Gasteiger partial charge in [0.05, 0.1) is 19.8 Å². The van der Waals surface area contributed by atoms with Crippen LogP contribution in [0.1, 0.15) is 18.1 Å². The van der Waals surface area contributed by atoms with Crippen LogP contribution in [0.25, 0.3) is 0 Å². The summed E-state index contributed by atoms with van der Waals surface area (Å²) in [5, 5.41) is 0. The first kappa shape index (κ1) is 17.9. The number of rotatable bonds is 5. The predicted octanol–water partition coefficient (Wildman–Crippen LogP) is 0.752. The van der Waals surface area contributed by atoms with E-state index in [-0.39, 0.29) is 18.4 Å². The molecule has 2 heterocycles. The van der Waals surface area contributed by atoms with Gasteiger partial charge in [0.1, 0.15) is 0 Å². The molecule has 0 atom stereocenters.